The second kappa shape index (κ2) is 8.71. The van der Waals surface area contributed by atoms with Gasteiger partial charge in [0.1, 0.15) is 17.0 Å². The molecule has 0 fully saturated rings. The zero-order valence-electron chi connectivity index (χ0n) is 17.4. The van der Waals surface area contributed by atoms with E-state index in [1.54, 1.807) is 44.6 Å². The van der Waals surface area contributed by atoms with Crippen LogP contribution in [0, 0.1) is 6.92 Å². The van der Waals surface area contributed by atoms with Crippen molar-refractivity contribution in [3.8, 4) is 11.5 Å². The molecule has 0 saturated heterocycles. The number of pyridine rings is 1. The molecule has 0 atom stereocenters. The summed E-state index contributed by atoms with van der Waals surface area (Å²) in [7, 11) is 3.12. The van der Waals surface area contributed by atoms with Crippen LogP contribution in [0.3, 0.4) is 0 Å². The number of anilines is 1. The van der Waals surface area contributed by atoms with Gasteiger partial charge in [0.05, 0.1) is 19.9 Å². The molecule has 2 aromatic heterocycles. The van der Waals surface area contributed by atoms with Crippen LogP contribution in [0.4, 0.5) is 11.5 Å². The molecule has 2 aromatic carbocycles. The van der Waals surface area contributed by atoms with Crippen molar-refractivity contribution in [1.29, 1.82) is 0 Å². The highest BCUT2D eigenvalue weighted by molar-refractivity contribution is 6.04. The van der Waals surface area contributed by atoms with Gasteiger partial charge in [-0.05, 0) is 43.3 Å². The minimum absolute atomic E-state index is 0.177. The first-order chi connectivity index (χ1) is 15.1. The second-order valence-corrected chi connectivity index (χ2v) is 6.77. The molecule has 2 heterocycles. The van der Waals surface area contributed by atoms with Crippen LogP contribution in [0.1, 0.15) is 16.1 Å². The first kappa shape index (κ1) is 20.2. The monoisotopic (exact) mass is 415 g/mol. The van der Waals surface area contributed by atoms with E-state index in [0.29, 0.717) is 28.6 Å². The van der Waals surface area contributed by atoms with Gasteiger partial charge >= 0.3 is 0 Å². The first-order valence-electron chi connectivity index (χ1n) is 9.62. The molecule has 7 heteroatoms. The molecule has 0 aliphatic rings. The normalized spacial score (nSPS) is 11.4. The number of hydrogen-bond donors (Lipinski definition) is 1. The third-order valence-electron chi connectivity index (χ3n) is 4.63. The Bertz CT molecular complexity index is 1330. The van der Waals surface area contributed by atoms with E-state index in [0.717, 1.165) is 11.1 Å². The van der Waals surface area contributed by atoms with Crippen molar-refractivity contribution in [1.82, 2.24) is 4.98 Å². The molecule has 0 saturated carbocycles. The molecular weight excluding hydrogens is 394 g/mol. The molecule has 0 radical (unpaired) electrons. The van der Waals surface area contributed by atoms with E-state index in [1.165, 1.54) is 0 Å². The summed E-state index contributed by atoms with van der Waals surface area (Å²) in [5, 5.41) is 3.60. The van der Waals surface area contributed by atoms with Gasteiger partial charge in [-0.3, -0.25) is 4.79 Å². The molecule has 4 aromatic rings. The van der Waals surface area contributed by atoms with Crippen molar-refractivity contribution in [2.24, 2.45) is 4.99 Å². The van der Waals surface area contributed by atoms with Crippen LogP contribution in [0.15, 0.2) is 76.1 Å². The lowest BCUT2D eigenvalue weighted by molar-refractivity contribution is 0.102. The van der Waals surface area contributed by atoms with E-state index in [-0.39, 0.29) is 17.0 Å². The maximum Gasteiger partial charge on any atom is 0.262 e. The number of carbonyl (C=O) groups is 1. The fourth-order valence-corrected chi connectivity index (χ4v) is 3.12. The van der Waals surface area contributed by atoms with Gasteiger partial charge in [0.2, 0.25) is 5.55 Å². The highest BCUT2D eigenvalue weighted by Crippen LogP contribution is 2.31. The molecule has 4 rings (SSSR count). The fourth-order valence-electron chi connectivity index (χ4n) is 3.12. The van der Waals surface area contributed by atoms with Gasteiger partial charge in [0.15, 0.2) is 11.5 Å². The average molecular weight is 415 g/mol. The molecule has 156 valence electrons. The largest absolute Gasteiger partial charge is 0.493 e. The van der Waals surface area contributed by atoms with E-state index in [1.807, 2.05) is 43.3 Å². The number of amides is 1. The van der Waals surface area contributed by atoms with E-state index >= 15 is 0 Å². The average Bonchev–Trinajstić information content (AvgIpc) is 2.78. The third kappa shape index (κ3) is 4.40. The number of nitrogens with one attached hydrogen (secondary N) is 1. The number of benzene rings is 2. The zero-order valence-corrected chi connectivity index (χ0v) is 17.4. The molecule has 1 N–H and O–H groups in total. The van der Waals surface area contributed by atoms with Gasteiger partial charge in [-0.15, -0.1) is 0 Å². The molecule has 0 spiro atoms. The van der Waals surface area contributed by atoms with E-state index in [4.69, 9.17) is 13.9 Å². The topological polar surface area (TPSA) is 86.0 Å². The van der Waals surface area contributed by atoms with Gasteiger partial charge in [-0.25, -0.2) is 9.98 Å². The van der Waals surface area contributed by atoms with Crippen molar-refractivity contribution in [3.05, 3.63) is 83.5 Å². The summed E-state index contributed by atoms with van der Waals surface area (Å²) in [6, 6.07) is 19.8. The van der Waals surface area contributed by atoms with Crippen molar-refractivity contribution < 1.29 is 18.7 Å². The number of fused-ring (bicyclic) bond motifs is 1. The number of methoxy groups -OCH3 is 2. The highest BCUT2D eigenvalue weighted by atomic mass is 16.5. The quantitative estimate of drug-likeness (QED) is 0.513. The number of carbonyl (C=O) groups excluding carboxylic acids is 1. The lowest BCUT2D eigenvalue weighted by Crippen LogP contribution is -2.22. The zero-order chi connectivity index (χ0) is 21.8. The Hall–Kier alpha value is -4.13. The van der Waals surface area contributed by atoms with Gasteiger partial charge in [-0.1, -0.05) is 24.3 Å². The Morgan fingerprint density at radius 1 is 0.968 bits per heavy atom. The van der Waals surface area contributed by atoms with Gasteiger partial charge in [-0.2, -0.15) is 0 Å². The Kier molecular flexibility index (Phi) is 5.66. The maximum atomic E-state index is 13.1. The lowest BCUT2D eigenvalue weighted by Gasteiger charge is -2.08. The highest BCUT2D eigenvalue weighted by Gasteiger charge is 2.14. The maximum absolute atomic E-state index is 13.1. The minimum atomic E-state index is -0.369. The Balaban J connectivity index is 1.83. The molecule has 1 amide bonds. The van der Waals surface area contributed by atoms with Gasteiger partial charge in [0.25, 0.3) is 5.91 Å². The number of rotatable bonds is 5. The number of hydrogen-bond acceptors (Lipinski definition) is 6. The van der Waals surface area contributed by atoms with E-state index < -0.39 is 0 Å². The molecule has 0 bridgehead atoms. The van der Waals surface area contributed by atoms with Crippen LogP contribution in [-0.4, -0.2) is 25.1 Å². The molecule has 0 aliphatic heterocycles. The van der Waals surface area contributed by atoms with Crippen LogP contribution >= 0.6 is 0 Å². The van der Waals surface area contributed by atoms with Crippen LogP contribution in [0.5, 0.6) is 11.5 Å². The van der Waals surface area contributed by atoms with Crippen molar-refractivity contribution in [2.45, 2.75) is 6.92 Å². The first-order valence-corrected chi connectivity index (χ1v) is 9.62. The van der Waals surface area contributed by atoms with Crippen LogP contribution < -0.4 is 20.3 Å². The van der Waals surface area contributed by atoms with Gasteiger partial charge < -0.3 is 19.2 Å². The Labute approximate surface area is 179 Å². The lowest BCUT2D eigenvalue weighted by atomic mass is 10.1. The van der Waals surface area contributed by atoms with Crippen LogP contribution in [0.2, 0.25) is 0 Å². The fraction of sp³-hybridized carbons (Fsp3) is 0.125. The molecular formula is C24H21N3O4. The van der Waals surface area contributed by atoms with Crippen LogP contribution in [-0.2, 0) is 0 Å². The predicted molar refractivity (Wildman–Crippen MR) is 118 cm³/mol. The SMILES string of the molecule is COc1ccc(N=c2oc3ccccc3cc2C(=O)Nc2cccc(C)n2)cc1OC. The molecule has 0 aliphatic carbocycles. The van der Waals surface area contributed by atoms with E-state index in [2.05, 4.69) is 15.3 Å². The summed E-state index contributed by atoms with van der Waals surface area (Å²) < 4.78 is 16.6. The number of nitrogens with zero attached hydrogens (tertiary/aromatic N) is 2. The van der Waals surface area contributed by atoms with Crippen molar-refractivity contribution in [3.63, 3.8) is 0 Å². The number of ether oxygens (including phenoxy) is 2. The summed E-state index contributed by atoms with van der Waals surface area (Å²) >= 11 is 0. The summed E-state index contributed by atoms with van der Waals surface area (Å²) in [5.41, 5.74) is 2.44. The summed E-state index contributed by atoms with van der Waals surface area (Å²) in [4.78, 5) is 22.0. The predicted octanol–water partition coefficient (Wildman–Crippen LogP) is 4.64. The second-order valence-electron chi connectivity index (χ2n) is 6.77. The molecule has 0 unspecified atom stereocenters. The number of aryl methyl sites for hydroxylation is 1. The standard InChI is InChI=1S/C24H21N3O4/c1-15-7-6-10-22(25-15)27-23(28)18-13-16-8-4-5-9-19(16)31-24(18)26-17-11-12-20(29-2)21(14-17)30-3/h4-14H,1-3H3,(H,25,27,28). The Morgan fingerprint density at radius 2 is 1.77 bits per heavy atom. The third-order valence-corrected chi connectivity index (χ3v) is 4.63. The Morgan fingerprint density at radius 3 is 2.55 bits per heavy atom. The van der Waals surface area contributed by atoms with Gasteiger partial charge in [0, 0.05) is 17.1 Å². The minimum Gasteiger partial charge on any atom is -0.493 e. The smallest absolute Gasteiger partial charge is 0.262 e. The number of aromatic nitrogens is 1. The van der Waals surface area contributed by atoms with Crippen molar-refractivity contribution in [2.75, 3.05) is 19.5 Å². The summed E-state index contributed by atoms with van der Waals surface area (Å²) in [6.07, 6.45) is 0. The van der Waals surface area contributed by atoms with Crippen molar-refractivity contribution >= 4 is 28.4 Å². The molecule has 7 nitrogen and oxygen atoms in total. The summed E-state index contributed by atoms with van der Waals surface area (Å²) in [6.45, 7) is 1.86. The summed E-state index contributed by atoms with van der Waals surface area (Å²) in [5.74, 6) is 1.20. The molecule has 31 heavy (non-hydrogen) atoms. The van der Waals surface area contributed by atoms with Crippen LogP contribution in [0.25, 0.3) is 11.0 Å². The van der Waals surface area contributed by atoms with E-state index in [9.17, 15) is 4.79 Å². The number of para-hydroxylation sites is 1.